The van der Waals surface area contributed by atoms with Crippen LogP contribution < -0.4 is 4.74 Å². The molecule has 1 aromatic carbocycles. The quantitative estimate of drug-likeness (QED) is 0.547. The summed E-state index contributed by atoms with van der Waals surface area (Å²) in [6.45, 7) is 2.42. The second kappa shape index (κ2) is 9.34. The van der Waals surface area contributed by atoms with Gasteiger partial charge in [-0.1, -0.05) is 45.4 Å². The molecule has 0 unspecified atom stereocenters. The normalized spacial score (nSPS) is 11.2. The maximum Gasteiger partial charge on any atom is 0.420 e. The van der Waals surface area contributed by atoms with Gasteiger partial charge in [-0.15, -0.1) is 0 Å². The summed E-state index contributed by atoms with van der Waals surface area (Å²) < 4.78 is 44.0. The van der Waals surface area contributed by atoms with Gasteiger partial charge in [0.05, 0.1) is 23.8 Å². The van der Waals surface area contributed by atoms with Crippen molar-refractivity contribution in [2.45, 2.75) is 58.0 Å². The summed E-state index contributed by atoms with van der Waals surface area (Å²) in [4.78, 5) is 0. The van der Waals surface area contributed by atoms with Gasteiger partial charge < -0.3 is 4.74 Å². The molecule has 0 bridgehead atoms. The first-order chi connectivity index (χ1) is 10.5. The van der Waals surface area contributed by atoms with Crippen molar-refractivity contribution in [2.24, 2.45) is 0 Å². The van der Waals surface area contributed by atoms with Crippen LogP contribution in [0.25, 0.3) is 0 Å². The van der Waals surface area contributed by atoms with Crippen molar-refractivity contribution in [3.63, 3.8) is 0 Å². The largest absolute Gasteiger partial charge is 0.493 e. The van der Waals surface area contributed by atoms with E-state index in [1.54, 1.807) is 6.07 Å². The zero-order chi connectivity index (χ0) is 16.4. The molecule has 0 saturated heterocycles. The second-order valence-corrected chi connectivity index (χ2v) is 5.29. The SMILES string of the molecule is CCCCCCCCCOc1ccc(C#N)cc1C(F)(F)F. The lowest BCUT2D eigenvalue weighted by molar-refractivity contribution is -0.139. The number of unbranched alkanes of at least 4 members (excludes halogenated alkanes) is 6. The highest BCUT2D eigenvalue weighted by Crippen LogP contribution is 2.36. The number of nitriles is 1. The third-order valence-corrected chi connectivity index (χ3v) is 3.42. The monoisotopic (exact) mass is 313 g/mol. The first-order valence-electron chi connectivity index (χ1n) is 7.73. The number of nitrogens with zero attached hydrogens (tertiary/aromatic N) is 1. The van der Waals surface area contributed by atoms with Gasteiger partial charge in [0.1, 0.15) is 5.75 Å². The van der Waals surface area contributed by atoms with E-state index in [9.17, 15) is 13.2 Å². The maximum atomic E-state index is 12.9. The van der Waals surface area contributed by atoms with Gasteiger partial charge in [0.25, 0.3) is 0 Å². The van der Waals surface area contributed by atoms with Crippen molar-refractivity contribution in [2.75, 3.05) is 6.61 Å². The topological polar surface area (TPSA) is 33.0 Å². The lowest BCUT2D eigenvalue weighted by Crippen LogP contribution is -2.10. The molecule has 0 atom stereocenters. The van der Waals surface area contributed by atoms with E-state index in [2.05, 4.69) is 6.92 Å². The number of hydrogen-bond donors (Lipinski definition) is 0. The van der Waals surface area contributed by atoms with Crippen LogP contribution in [0.15, 0.2) is 18.2 Å². The van der Waals surface area contributed by atoms with Gasteiger partial charge in [-0.3, -0.25) is 0 Å². The first-order valence-corrected chi connectivity index (χ1v) is 7.73. The Kier molecular flexibility index (Phi) is 7.79. The minimum absolute atomic E-state index is 0.0180. The zero-order valence-electron chi connectivity index (χ0n) is 12.9. The van der Waals surface area contributed by atoms with E-state index in [4.69, 9.17) is 10.00 Å². The molecule has 0 saturated carbocycles. The van der Waals surface area contributed by atoms with Crippen LogP contribution >= 0.6 is 0 Å². The molecule has 0 fully saturated rings. The fourth-order valence-electron chi connectivity index (χ4n) is 2.19. The number of rotatable bonds is 9. The van der Waals surface area contributed by atoms with E-state index in [0.717, 1.165) is 25.3 Å². The van der Waals surface area contributed by atoms with Crippen LogP contribution in [-0.2, 0) is 6.18 Å². The Hall–Kier alpha value is -1.70. The molecule has 0 heterocycles. The highest BCUT2D eigenvalue weighted by Gasteiger charge is 2.34. The summed E-state index contributed by atoms with van der Waals surface area (Å²) in [5.41, 5.74) is -0.898. The van der Waals surface area contributed by atoms with Gasteiger partial charge in [0.15, 0.2) is 0 Å². The van der Waals surface area contributed by atoms with Crippen LogP contribution in [0.4, 0.5) is 13.2 Å². The fraction of sp³-hybridized carbons (Fsp3) is 0.588. The second-order valence-electron chi connectivity index (χ2n) is 5.29. The Morgan fingerprint density at radius 3 is 2.27 bits per heavy atom. The average Bonchev–Trinajstić information content (AvgIpc) is 2.49. The number of ether oxygens (including phenoxy) is 1. The summed E-state index contributed by atoms with van der Waals surface area (Å²) in [7, 11) is 0. The van der Waals surface area contributed by atoms with Crippen LogP contribution in [0.1, 0.15) is 63.0 Å². The molecular formula is C17H22F3NO. The number of hydrogen-bond acceptors (Lipinski definition) is 2. The van der Waals surface area contributed by atoms with E-state index in [1.165, 1.54) is 37.8 Å². The van der Waals surface area contributed by atoms with Gasteiger partial charge in [-0.25, -0.2) is 0 Å². The Morgan fingerprint density at radius 1 is 1.05 bits per heavy atom. The summed E-state index contributed by atoms with van der Waals surface area (Å²) in [6.07, 6.45) is 3.08. The number of alkyl halides is 3. The first kappa shape index (κ1) is 18.3. The molecule has 0 aliphatic rings. The van der Waals surface area contributed by atoms with E-state index < -0.39 is 11.7 Å². The van der Waals surface area contributed by atoms with E-state index in [0.29, 0.717) is 0 Å². The summed E-state index contributed by atoms with van der Waals surface area (Å²) in [6, 6.07) is 5.11. The predicted molar refractivity (Wildman–Crippen MR) is 79.6 cm³/mol. The third kappa shape index (κ3) is 6.38. The number of benzene rings is 1. The van der Waals surface area contributed by atoms with Gasteiger partial charge in [0, 0.05) is 0 Å². The van der Waals surface area contributed by atoms with Crippen LogP contribution in [0.5, 0.6) is 5.75 Å². The van der Waals surface area contributed by atoms with Gasteiger partial charge in [-0.05, 0) is 24.6 Å². The Bertz CT molecular complexity index is 492. The molecule has 0 spiro atoms. The Morgan fingerprint density at radius 2 is 1.68 bits per heavy atom. The molecule has 122 valence electrons. The van der Waals surface area contributed by atoms with Gasteiger partial charge in [0.2, 0.25) is 0 Å². The zero-order valence-corrected chi connectivity index (χ0v) is 12.9. The highest BCUT2D eigenvalue weighted by molar-refractivity contribution is 5.43. The smallest absolute Gasteiger partial charge is 0.420 e. The minimum Gasteiger partial charge on any atom is -0.493 e. The molecule has 22 heavy (non-hydrogen) atoms. The molecule has 5 heteroatoms. The molecule has 0 N–H and O–H groups in total. The minimum atomic E-state index is -4.51. The molecule has 1 aromatic rings. The molecule has 0 amide bonds. The third-order valence-electron chi connectivity index (χ3n) is 3.42. The molecule has 0 radical (unpaired) electrons. The fourth-order valence-corrected chi connectivity index (χ4v) is 2.19. The van der Waals surface area contributed by atoms with Crippen molar-refractivity contribution in [3.8, 4) is 11.8 Å². The molecule has 0 aliphatic heterocycles. The lowest BCUT2D eigenvalue weighted by atomic mass is 10.1. The predicted octanol–water partition coefficient (Wildman–Crippen LogP) is 5.71. The van der Waals surface area contributed by atoms with Crippen molar-refractivity contribution >= 4 is 0 Å². The average molecular weight is 313 g/mol. The van der Waals surface area contributed by atoms with E-state index >= 15 is 0 Å². The lowest BCUT2D eigenvalue weighted by Gasteiger charge is -2.14. The molecule has 2 nitrogen and oxygen atoms in total. The van der Waals surface area contributed by atoms with Gasteiger partial charge >= 0.3 is 6.18 Å². The van der Waals surface area contributed by atoms with Crippen LogP contribution in [-0.4, -0.2) is 6.61 Å². The van der Waals surface area contributed by atoms with Crippen LogP contribution in [0.2, 0.25) is 0 Å². The molecule has 1 rings (SSSR count). The van der Waals surface area contributed by atoms with Crippen molar-refractivity contribution in [1.82, 2.24) is 0 Å². The van der Waals surface area contributed by atoms with Crippen molar-refractivity contribution < 1.29 is 17.9 Å². The van der Waals surface area contributed by atoms with E-state index in [-0.39, 0.29) is 17.9 Å². The summed E-state index contributed by atoms with van der Waals surface area (Å²) in [5, 5.41) is 8.70. The van der Waals surface area contributed by atoms with Crippen LogP contribution in [0.3, 0.4) is 0 Å². The van der Waals surface area contributed by atoms with Gasteiger partial charge in [-0.2, -0.15) is 18.4 Å². The summed E-state index contributed by atoms with van der Waals surface area (Å²) in [5.74, 6) is -0.197. The standard InChI is InChI=1S/C17H22F3NO/c1-2-3-4-5-6-7-8-11-22-16-10-9-14(13-21)12-15(16)17(18,19)20/h9-10,12H,2-8,11H2,1H3. The van der Waals surface area contributed by atoms with Crippen molar-refractivity contribution in [3.05, 3.63) is 29.3 Å². The molecule has 0 aliphatic carbocycles. The number of halogens is 3. The highest BCUT2D eigenvalue weighted by atomic mass is 19.4. The van der Waals surface area contributed by atoms with Crippen LogP contribution in [0, 0.1) is 11.3 Å². The van der Waals surface area contributed by atoms with Crippen molar-refractivity contribution in [1.29, 1.82) is 5.26 Å². The molecule has 0 aromatic heterocycles. The summed E-state index contributed by atoms with van der Waals surface area (Å²) >= 11 is 0. The maximum absolute atomic E-state index is 12.9. The Labute approximate surface area is 129 Å². The molecular weight excluding hydrogens is 291 g/mol. The Balaban J connectivity index is 2.44. The van der Waals surface area contributed by atoms with E-state index in [1.807, 2.05) is 0 Å².